The molecule has 0 heterocycles. The maximum absolute atomic E-state index is 8.60. The van der Waals surface area contributed by atoms with E-state index < -0.39 is 0 Å². The van der Waals surface area contributed by atoms with Gasteiger partial charge in [0.05, 0.1) is 12.4 Å². The van der Waals surface area contributed by atoms with Crippen LogP contribution in [0.15, 0.2) is 95.3 Å². The predicted octanol–water partition coefficient (Wildman–Crippen LogP) is 3.30. The summed E-state index contributed by atoms with van der Waals surface area (Å²) in [4.78, 5) is 1.54. The van der Waals surface area contributed by atoms with E-state index in [9.17, 15) is 0 Å². The highest BCUT2D eigenvalue weighted by atomic mass is 15.1. The van der Waals surface area contributed by atoms with Crippen molar-refractivity contribution in [1.82, 2.24) is 4.90 Å². The first kappa shape index (κ1) is 17.0. The highest BCUT2D eigenvalue weighted by molar-refractivity contribution is 5.37. The van der Waals surface area contributed by atoms with Crippen LogP contribution in [-0.4, -0.2) is 4.90 Å². The van der Waals surface area contributed by atoms with E-state index in [0.29, 0.717) is 0 Å². The van der Waals surface area contributed by atoms with Crippen LogP contribution in [0.2, 0.25) is 0 Å². The van der Waals surface area contributed by atoms with Crippen molar-refractivity contribution in [3.63, 3.8) is 0 Å². The van der Waals surface area contributed by atoms with Gasteiger partial charge in [-0.15, -0.1) is 0 Å². The van der Waals surface area contributed by atoms with Crippen molar-refractivity contribution in [3.05, 3.63) is 95.3 Å². The molecule has 0 fully saturated rings. The minimum atomic E-state index is -0.00536. The van der Waals surface area contributed by atoms with Gasteiger partial charge in [0.25, 0.3) is 0 Å². The van der Waals surface area contributed by atoms with Crippen LogP contribution in [0.25, 0.3) is 0 Å². The molecule has 0 aliphatic carbocycles. The van der Waals surface area contributed by atoms with Gasteiger partial charge in [-0.05, 0) is 59.7 Å². The molecule has 0 radical (unpaired) electrons. The molecule has 0 aromatic carbocycles. The fourth-order valence-electron chi connectivity index (χ4n) is 0.836. The van der Waals surface area contributed by atoms with Crippen LogP contribution in [-0.2, 0) is 0 Å². The van der Waals surface area contributed by atoms with Crippen molar-refractivity contribution >= 4 is 0 Å². The molecule has 0 unspecified atom stereocenters. The minimum absolute atomic E-state index is 0.00536. The highest BCUT2D eigenvalue weighted by Gasteiger charge is 1.88. The van der Waals surface area contributed by atoms with Crippen molar-refractivity contribution in [2.75, 3.05) is 0 Å². The number of nitrogens with zero attached hydrogens (tertiary/aromatic N) is 3. The Bertz CT molecular complexity index is 770. The van der Waals surface area contributed by atoms with E-state index in [2.05, 4.69) is 59.0 Å². The standard InChI is InChI=1S/C18H9N3/c1-3-5-7-9-13-21(14-10-8-6-4-2)15-11-12-18(16-19)17-20/h11-15H,1-2H2/b15-11+. The lowest BCUT2D eigenvalue weighted by Crippen LogP contribution is -1.96. The van der Waals surface area contributed by atoms with Crippen molar-refractivity contribution < 1.29 is 0 Å². The zero-order valence-electron chi connectivity index (χ0n) is 11.1. The maximum atomic E-state index is 8.60. The number of hydrogen-bond donors (Lipinski definition) is 0. The third-order valence-corrected chi connectivity index (χ3v) is 1.64. The second kappa shape index (κ2) is 12.4. The SMILES string of the molecule is C=C=C=C=C=CN(C=C=C=C=C=C)/C=C/C=C(C#N)C#N. The largest absolute Gasteiger partial charge is 0.315 e. The fourth-order valence-corrected chi connectivity index (χ4v) is 0.836. The minimum Gasteiger partial charge on any atom is -0.315 e. The van der Waals surface area contributed by atoms with E-state index >= 15 is 0 Å². The highest BCUT2D eigenvalue weighted by Crippen LogP contribution is 1.95. The van der Waals surface area contributed by atoms with Crippen molar-refractivity contribution in [2.24, 2.45) is 0 Å². The summed E-state index contributed by atoms with van der Waals surface area (Å²) in [5, 5.41) is 17.2. The average molecular weight is 267 g/mol. The molecule has 0 amide bonds. The molecule has 0 saturated carbocycles. The van der Waals surface area contributed by atoms with Crippen molar-refractivity contribution in [1.29, 1.82) is 10.5 Å². The van der Waals surface area contributed by atoms with Gasteiger partial charge < -0.3 is 4.90 Å². The molecule has 3 heteroatoms. The monoisotopic (exact) mass is 267 g/mol. The van der Waals surface area contributed by atoms with Gasteiger partial charge in [-0.25, -0.2) is 0 Å². The molecular weight excluding hydrogens is 258 g/mol. The summed E-state index contributed by atoms with van der Waals surface area (Å²) in [5.41, 5.74) is 20.3. The van der Waals surface area contributed by atoms with Crippen molar-refractivity contribution in [3.8, 4) is 12.1 Å². The molecule has 3 nitrogen and oxygen atoms in total. The number of nitriles is 2. The van der Waals surface area contributed by atoms with Gasteiger partial charge in [0.1, 0.15) is 17.7 Å². The van der Waals surface area contributed by atoms with E-state index in [1.807, 2.05) is 0 Å². The quantitative estimate of drug-likeness (QED) is 0.446. The molecule has 21 heavy (non-hydrogen) atoms. The Kier molecular flexibility index (Phi) is 10.1. The molecular formula is C18H9N3. The molecule has 0 atom stereocenters. The van der Waals surface area contributed by atoms with E-state index in [0.717, 1.165) is 0 Å². The average Bonchev–Trinajstić information content (AvgIpc) is 2.51. The van der Waals surface area contributed by atoms with Crippen LogP contribution in [0.4, 0.5) is 0 Å². The summed E-state index contributed by atoms with van der Waals surface area (Å²) in [6.45, 7) is 6.67. The van der Waals surface area contributed by atoms with Crippen LogP contribution in [0.3, 0.4) is 0 Å². The molecule has 0 aliphatic rings. The van der Waals surface area contributed by atoms with Crippen LogP contribution < -0.4 is 0 Å². The maximum Gasteiger partial charge on any atom is 0.129 e. The third kappa shape index (κ3) is 9.66. The third-order valence-electron chi connectivity index (χ3n) is 1.64. The van der Waals surface area contributed by atoms with E-state index in [-0.39, 0.29) is 5.57 Å². The molecule has 0 spiro atoms. The summed E-state index contributed by atoms with van der Waals surface area (Å²) in [7, 11) is 0. The lowest BCUT2D eigenvalue weighted by Gasteiger charge is -2.03. The molecule has 96 valence electrons. The normalized spacial score (nSPS) is 6.57. The molecule has 0 bridgehead atoms. The Morgan fingerprint density at radius 3 is 1.81 bits per heavy atom. The Hall–Kier alpha value is -4.02. The van der Waals surface area contributed by atoms with Gasteiger partial charge in [0.15, 0.2) is 0 Å². The van der Waals surface area contributed by atoms with Crippen LogP contribution >= 0.6 is 0 Å². The zero-order valence-corrected chi connectivity index (χ0v) is 11.1. The summed E-state index contributed by atoms with van der Waals surface area (Å²) >= 11 is 0. The first-order valence-corrected chi connectivity index (χ1v) is 5.46. The summed E-state index contributed by atoms with van der Waals surface area (Å²) in [5.74, 6) is 0. The summed E-state index contributed by atoms with van der Waals surface area (Å²) in [6.07, 6.45) is 7.51. The summed E-state index contributed by atoms with van der Waals surface area (Å²) in [6, 6.07) is 3.50. The van der Waals surface area contributed by atoms with Gasteiger partial charge in [-0.2, -0.15) is 10.5 Å². The van der Waals surface area contributed by atoms with Gasteiger partial charge in [0.2, 0.25) is 0 Å². The van der Waals surface area contributed by atoms with Gasteiger partial charge in [0, 0.05) is 6.20 Å². The molecule has 0 N–H and O–H groups in total. The molecule has 0 aliphatic heterocycles. The molecule has 0 aromatic heterocycles. The molecule has 0 saturated heterocycles. The predicted molar refractivity (Wildman–Crippen MR) is 78.8 cm³/mol. The number of hydrogen-bond acceptors (Lipinski definition) is 3. The van der Waals surface area contributed by atoms with Crippen molar-refractivity contribution in [2.45, 2.75) is 0 Å². The second-order valence-corrected chi connectivity index (χ2v) is 2.99. The topological polar surface area (TPSA) is 50.8 Å². The van der Waals surface area contributed by atoms with E-state index in [4.69, 9.17) is 10.5 Å². The van der Waals surface area contributed by atoms with Crippen LogP contribution in [0.5, 0.6) is 0 Å². The first-order chi connectivity index (χ1) is 10.3. The Labute approximate surface area is 123 Å². The number of rotatable bonds is 4. The lowest BCUT2D eigenvalue weighted by molar-refractivity contribution is 0.696. The van der Waals surface area contributed by atoms with E-state index in [1.54, 1.807) is 23.2 Å². The fraction of sp³-hybridized carbons (Fsp3) is 0. The van der Waals surface area contributed by atoms with Gasteiger partial charge in [-0.3, -0.25) is 0 Å². The smallest absolute Gasteiger partial charge is 0.129 e. The Balaban J connectivity index is 5.56. The number of allylic oxidation sites excluding steroid dienone is 3. The molecule has 0 rings (SSSR count). The van der Waals surface area contributed by atoms with Gasteiger partial charge >= 0.3 is 0 Å². The van der Waals surface area contributed by atoms with Gasteiger partial charge in [-0.1, -0.05) is 11.5 Å². The van der Waals surface area contributed by atoms with Crippen LogP contribution in [0, 0.1) is 22.7 Å². The second-order valence-electron chi connectivity index (χ2n) is 2.99. The lowest BCUT2D eigenvalue weighted by atomic mass is 10.3. The molecule has 0 aromatic rings. The Morgan fingerprint density at radius 2 is 1.38 bits per heavy atom. The zero-order chi connectivity index (χ0) is 15.8. The van der Waals surface area contributed by atoms with E-state index in [1.165, 1.54) is 24.6 Å². The first-order valence-electron chi connectivity index (χ1n) is 5.46. The van der Waals surface area contributed by atoms with Crippen LogP contribution in [0.1, 0.15) is 0 Å². The Morgan fingerprint density at radius 1 is 0.857 bits per heavy atom. The summed E-state index contributed by atoms with van der Waals surface area (Å²) < 4.78 is 0.